The van der Waals surface area contributed by atoms with Gasteiger partial charge in [-0.2, -0.15) is 0 Å². The Bertz CT molecular complexity index is 1500. The van der Waals surface area contributed by atoms with Crippen LogP contribution in [0, 0.1) is 6.92 Å². The molecule has 6 rings (SSSR count). The van der Waals surface area contributed by atoms with Gasteiger partial charge in [-0.1, -0.05) is 36.4 Å². The van der Waals surface area contributed by atoms with Gasteiger partial charge in [0.25, 0.3) is 0 Å². The fraction of sp³-hybridized carbons (Fsp3) is 0.0870. The predicted octanol–water partition coefficient (Wildman–Crippen LogP) is 5.41. The van der Waals surface area contributed by atoms with Crippen LogP contribution in [0.15, 0.2) is 65.7 Å². The number of hydrogen-bond acceptors (Lipinski definition) is 1. The second kappa shape index (κ2) is 4.68. The molecule has 3 heterocycles. The molecule has 0 aliphatic carbocycles. The van der Waals surface area contributed by atoms with Crippen LogP contribution in [0.5, 0.6) is 0 Å². The number of nitrogens with zero attached hydrogens (tertiary/aromatic N) is 2. The SMILES string of the molecule is Cc1ccc2c3ccccc3n3c4c(S)ccc5cc[n+](C)c(c1c23)c54. The lowest BCUT2D eigenvalue weighted by Crippen LogP contribution is -2.28. The van der Waals surface area contributed by atoms with E-state index in [9.17, 15) is 0 Å². The maximum Gasteiger partial charge on any atom is 0.224 e. The molecule has 0 bridgehead atoms. The van der Waals surface area contributed by atoms with Crippen LogP contribution in [0.2, 0.25) is 0 Å². The summed E-state index contributed by atoms with van der Waals surface area (Å²) in [5, 5.41) is 6.47. The van der Waals surface area contributed by atoms with Crippen LogP contribution in [-0.4, -0.2) is 4.40 Å². The normalized spacial score (nSPS) is 12.4. The van der Waals surface area contributed by atoms with Crippen LogP contribution in [0.3, 0.4) is 0 Å². The van der Waals surface area contributed by atoms with Gasteiger partial charge in [0.1, 0.15) is 7.05 Å². The van der Waals surface area contributed by atoms with Crippen LogP contribution < -0.4 is 4.57 Å². The van der Waals surface area contributed by atoms with Gasteiger partial charge in [-0.25, -0.2) is 4.57 Å². The van der Waals surface area contributed by atoms with Crippen molar-refractivity contribution in [2.24, 2.45) is 7.05 Å². The molecule has 0 N–H and O–H groups in total. The molecule has 3 heteroatoms. The van der Waals surface area contributed by atoms with Gasteiger partial charge >= 0.3 is 0 Å². The first-order valence-corrected chi connectivity index (χ1v) is 9.29. The van der Waals surface area contributed by atoms with Gasteiger partial charge in [-0.15, -0.1) is 12.6 Å². The Hall–Kier alpha value is -2.78. The van der Waals surface area contributed by atoms with E-state index in [4.69, 9.17) is 12.6 Å². The molecule has 0 aliphatic rings. The Labute approximate surface area is 156 Å². The first-order valence-electron chi connectivity index (χ1n) is 8.84. The predicted molar refractivity (Wildman–Crippen MR) is 112 cm³/mol. The summed E-state index contributed by atoms with van der Waals surface area (Å²) < 4.78 is 4.67. The number of rotatable bonds is 0. The number of fused-ring (bicyclic) bond motifs is 5. The van der Waals surface area contributed by atoms with Crippen molar-refractivity contribution in [3.8, 4) is 0 Å². The molecule has 3 aromatic heterocycles. The molecule has 26 heavy (non-hydrogen) atoms. The molecule has 0 saturated heterocycles. The smallest absolute Gasteiger partial charge is 0.224 e. The van der Waals surface area contributed by atoms with Crippen LogP contribution in [0.25, 0.3) is 49.0 Å². The molecule has 0 radical (unpaired) electrons. The Morgan fingerprint density at radius 2 is 1.69 bits per heavy atom. The average molecular weight is 353 g/mol. The van der Waals surface area contributed by atoms with Crippen LogP contribution in [0.1, 0.15) is 5.56 Å². The van der Waals surface area contributed by atoms with Crippen molar-refractivity contribution in [2.45, 2.75) is 11.8 Å². The number of hydrogen-bond donors (Lipinski definition) is 1. The summed E-state index contributed by atoms with van der Waals surface area (Å²) in [4.78, 5) is 1.01. The first-order chi connectivity index (χ1) is 12.7. The minimum atomic E-state index is 1.01. The van der Waals surface area contributed by atoms with Gasteiger partial charge in [0.05, 0.1) is 27.3 Å². The molecule has 0 atom stereocenters. The summed E-state index contributed by atoms with van der Waals surface area (Å²) in [6, 6.07) is 19.7. The van der Waals surface area contributed by atoms with Crippen molar-refractivity contribution < 1.29 is 4.57 Å². The number of para-hydroxylation sites is 1. The van der Waals surface area contributed by atoms with Crippen molar-refractivity contribution in [1.29, 1.82) is 0 Å². The number of pyridine rings is 2. The molecule has 0 spiro atoms. The zero-order valence-corrected chi connectivity index (χ0v) is 15.5. The molecule has 0 amide bonds. The third kappa shape index (κ3) is 1.53. The number of benzene rings is 3. The van der Waals surface area contributed by atoms with Crippen molar-refractivity contribution in [3.05, 3.63) is 66.4 Å². The molecule has 2 nitrogen and oxygen atoms in total. The van der Waals surface area contributed by atoms with Crippen molar-refractivity contribution in [1.82, 2.24) is 4.40 Å². The first kappa shape index (κ1) is 14.4. The number of thiol groups is 1. The highest BCUT2D eigenvalue weighted by Gasteiger charge is 2.24. The Morgan fingerprint density at radius 1 is 0.846 bits per heavy atom. The van der Waals surface area contributed by atoms with E-state index < -0.39 is 0 Å². The lowest BCUT2D eigenvalue weighted by molar-refractivity contribution is -0.643. The topological polar surface area (TPSA) is 8.29 Å². The van der Waals surface area contributed by atoms with E-state index in [-0.39, 0.29) is 0 Å². The highest BCUT2D eigenvalue weighted by Crippen LogP contribution is 2.41. The van der Waals surface area contributed by atoms with E-state index in [0.717, 1.165) is 4.90 Å². The van der Waals surface area contributed by atoms with Crippen LogP contribution >= 0.6 is 12.6 Å². The largest absolute Gasteiger partial charge is 0.306 e. The summed E-state index contributed by atoms with van der Waals surface area (Å²) in [6.45, 7) is 2.21. The molecular formula is C23H17N2S+. The zero-order chi connectivity index (χ0) is 17.6. The number of aromatic nitrogens is 2. The van der Waals surface area contributed by atoms with Crippen LogP contribution in [0.4, 0.5) is 0 Å². The van der Waals surface area contributed by atoms with Crippen molar-refractivity contribution >= 4 is 61.6 Å². The van der Waals surface area contributed by atoms with Gasteiger partial charge < -0.3 is 4.40 Å². The summed E-state index contributed by atoms with van der Waals surface area (Å²) in [5.74, 6) is 0. The highest BCUT2D eigenvalue weighted by atomic mass is 32.1. The molecule has 0 aliphatic heterocycles. The lowest BCUT2D eigenvalue weighted by Gasteiger charge is -2.14. The second-order valence-corrected chi connectivity index (χ2v) is 7.66. The monoisotopic (exact) mass is 353 g/mol. The summed E-state index contributed by atoms with van der Waals surface area (Å²) in [7, 11) is 2.14. The van der Waals surface area contributed by atoms with Crippen molar-refractivity contribution in [2.75, 3.05) is 0 Å². The molecule has 6 aromatic rings. The fourth-order valence-corrected chi connectivity index (χ4v) is 4.93. The van der Waals surface area contributed by atoms with E-state index in [0.29, 0.717) is 0 Å². The maximum atomic E-state index is 4.86. The van der Waals surface area contributed by atoms with Crippen molar-refractivity contribution in [3.63, 3.8) is 0 Å². The van der Waals surface area contributed by atoms with E-state index in [1.165, 1.54) is 54.6 Å². The van der Waals surface area contributed by atoms with Gasteiger partial charge in [-0.05, 0) is 30.0 Å². The molecule has 124 valence electrons. The van der Waals surface area contributed by atoms with E-state index in [2.05, 4.69) is 83.7 Å². The minimum absolute atomic E-state index is 1.01. The highest BCUT2D eigenvalue weighted by molar-refractivity contribution is 7.80. The Kier molecular flexibility index (Phi) is 2.59. The van der Waals surface area contributed by atoms with E-state index in [1.807, 2.05) is 0 Å². The van der Waals surface area contributed by atoms with E-state index in [1.54, 1.807) is 0 Å². The maximum absolute atomic E-state index is 4.86. The van der Waals surface area contributed by atoms with Gasteiger partial charge in [0.2, 0.25) is 5.52 Å². The summed E-state index contributed by atoms with van der Waals surface area (Å²) in [6.07, 6.45) is 2.16. The van der Waals surface area contributed by atoms with Gasteiger partial charge in [0.15, 0.2) is 6.20 Å². The zero-order valence-electron chi connectivity index (χ0n) is 14.6. The number of aryl methyl sites for hydroxylation is 2. The fourth-order valence-electron chi connectivity index (χ4n) is 4.64. The third-order valence-corrected chi connectivity index (χ3v) is 6.12. The standard InChI is InChI=1S/C23H16N2S/c1-13-7-9-16-15-5-3-4-6-17(15)25-21(16)19(13)23-20-14(11-12-24(23)2)8-10-18(26)22(20)25/h3-12H,1-2H3/p+1. The summed E-state index contributed by atoms with van der Waals surface area (Å²) in [5.41, 5.74) is 6.32. The quantitative estimate of drug-likeness (QED) is 0.162. The second-order valence-electron chi connectivity index (χ2n) is 7.18. The minimum Gasteiger partial charge on any atom is -0.306 e. The Balaban J connectivity index is 2.19. The molecule has 0 saturated carbocycles. The summed E-state index contributed by atoms with van der Waals surface area (Å²) >= 11 is 4.86. The molecule has 0 fully saturated rings. The molecule has 0 unspecified atom stereocenters. The van der Waals surface area contributed by atoms with E-state index >= 15 is 0 Å². The molecular weight excluding hydrogens is 336 g/mol. The molecule has 3 aromatic carbocycles. The van der Waals surface area contributed by atoms with Crippen LogP contribution in [-0.2, 0) is 7.05 Å². The third-order valence-electron chi connectivity index (χ3n) is 5.76. The van der Waals surface area contributed by atoms with Gasteiger partial charge in [0, 0.05) is 21.7 Å². The lowest BCUT2D eigenvalue weighted by atomic mass is 10.00. The van der Waals surface area contributed by atoms with Gasteiger partial charge in [-0.3, -0.25) is 0 Å². The average Bonchev–Trinajstić information content (AvgIpc) is 2.98. The Morgan fingerprint density at radius 3 is 2.58 bits per heavy atom.